The average molecular weight is 290 g/mol. The van der Waals surface area contributed by atoms with E-state index in [0.717, 1.165) is 5.56 Å². The van der Waals surface area contributed by atoms with Crippen LogP contribution in [-0.4, -0.2) is 12.0 Å². The third kappa shape index (κ3) is 3.35. The van der Waals surface area contributed by atoms with E-state index in [0.29, 0.717) is 12.1 Å². The highest BCUT2D eigenvalue weighted by Gasteiger charge is 2.15. The lowest BCUT2D eigenvalue weighted by molar-refractivity contribution is -0.385. The van der Waals surface area contributed by atoms with Crippen molar-refractivity contribution < 1.29 is 14.1 Å². The smallest absolute Gasteiger partial charge is 0.276 e. The number of nitro groups is 1. The number of benzene rings is 2. The fourth-order valence-electron chi connectivity index (χ4n) is 1.97. The minimum Gasteiger partial charge on any atom is -0.454 e. The molecular weight excluding hydrogens is 275 g/mol. The molecule has 2 rings (SSSR count). The summed E-state index contributed by atoms with van der Waals surface area (Å²) < 4.78 is 19.4. The van der Waals surface area contributed by atoms with Crippen LogP contribution in [0.4, 0.5) is 10.1 Å². The molecule has 21 heavy (non-hydrogen) atoms. The molecule has 0 unspecified atom stereocenters. The Morgan fingerprint density at radius 2 is 2.05 bits per heavy atom. The molecule has 0 aliphatic heterocycles. The highest BCUT2D eigenvalue weighted by molar-refractivity contribution is 5.50. The van der Waals surface area contributed by atoms with E-state index in [2.05, 4.69) is 5.32 Å². The molecule has 0 spiro atoms. The van der Waals surface area contributed by atoms with Crippen molar-refractivity contribution >= 4 is 5.69 Å². The van der Waals surface area contributed by atoms with Gasteiger partial charge in [-0.25, -0.2) is 4.39 Å². The molecule has 0 heterocycles. The van der Waals surface area contributed by atoms with Crippen LogP contribution < -0.4 is 10.1 Å². The summed E-state index contributed by atoms with van der Waals surface area (Å²) in [5.41, 5.74) is 1.10. The molecule has 2 aromatic carbocycles. The molecule has 0 saturated carbocycles. The van der Waals surface area contributed by atoms with Crippen molar-refractivity contribution in [2.75, 3.05) is 7.05 Å². The lowest BCUT2D eigenvalue weighted by Crippen LogP contribution is -2.05. The fourth-order valence-corrected chi connectivity index (χ4v) is 1.97. The van der Waals surface area contributed by atoms with Crippen LogP contribution in [-0.2, 0) is 6.54 Å². The van der Waals surface area contributed by atoms with E-state index in [9.17, 15) is 14.5 Å². The zero-order valence-electron chi connectivity index (χ0n) is 11.7. The lowest BCUT2D eigenvalue weighted by atomic mass is 10.1. The number of nitro benzene ring substituents is 1. The predicted octanol–water partition coefficient (Wildman–Crippen LogP) is 3.55. The van der Waals surface area contributed by atoms with Crippen molar-refractivity contribution in [1.82, 2.24) is 5.32 Å². The summed E-state index contributed by atoms with van der Waals surface area (Å²) in [5.74, 6) is -0.198. The van der Waals surface area contributed by atoms with Gasteiger partial charge in [0, 0.05) is 12.6 Å². The molecule has 0 saturated heterocycles. The molecular formula is C15H15FN2O3. The van der Waals surface area contributed by atoms with E-state index in [-0.39, 0.29) is 17.2 Å². The zero-order valence-corrected chi connectivity index (χ0v) is 11.7. The van der Waals surface area contributed by atoms with Crippen LogP contribution in [0, 0.1) is 22.9 Å². The molecule has 0 fully saturated rings. The van der Waals surface area contributed by atoms with Crippen LogP contribution in [0.15, 0.2) is 36.4 Å². The first-order valence-corrected chi connectivity index (χ1v) is 6.38. The van der Waals surface area contributed by atoms with Gasteiger partial charge in [-0.1, -0.05) is 12.1 Å². The first-order valence-electron chi connectivity index (χ1n) is 6.38. The number of hydrogen-bond acceptors (Lipinski definition) is 4. The topological polar surface area (TPSA) is 64.4 Å². The van der Waals surface area contributed by atoms with E-state index in [1.54, 1.807) is 26.1 Å². The molecule has 6 heteroatoms. The zero-order chi connectivity index (χ0) is 15.4. The number of hydrogen-bond donors (Lipinski definition) is 1. The average Bonchev–Trinajstić information content (AvgIpc) is 2.44. The highest BCUT2D eigenvalue weighted by atomic mass is 19.1. The maximum absolute atomic E-state index is 14.0. The predicted molar refractivity (Wildman–Crippen MR) is 77.1 cm³/mol. The number of halogens is 1. The van der Waals surface area contributed by atoms with Crippen molar-refractivity contribution in [2.45, 2.75) is 13.5 Å². The second-order valence-corrected chi connectivity index (χ2v) is 4.55. The Kier molecular flexibility index (Phi) is 4.49. The van der Waals surface area contributed by atoms with E-state index in [1.807, 2.05) is 0 Å². The van der Waals surface area contributed by atoms with Gasteiger partial charge in [-0.3, -0.25) is 10.1 Å². The first kappa shape index (κ1) is 14.9. The Hall–Kier alpha value is -2.47. The van der Waals surface area contributed by atoms with Gasteiger partial charge in [0.25, 0.3) is 5.69 Å². The first-order chi connectivity index (χ1) is 10.0. The number of ether oxygens (including phenoxy) is 1. The van der Waals surface area contributed by atoms with Crippen molar-refractivity contribution in [3.8, 4) is 11.5 Å². The summed E-state index contributed by atoms with van der Waals surface area (Å²) in [7, 11) is 1.77. The van der Waals surface area contributed by atoms with Crippen LogP contribution in [0.1, 0.15) is 11.1 Å². The molecule has 5 nitrogen and oxygen atoms in total. The summed E-state index contributed by atoms with van der Waals surface area (Å²) in [6.45, 7) is 2.12. The minimum absolute atomic E-state index is 0.0402. The Bertz CT molecular complexity index is 674. The van der Waals surface area contributed by atoms with Gasteiger partial charge in [-0.05, 0) is 37.7 Å². The molecule has 2 aromatic rings. The van der Waals surface area contributed by atoms with Crippen molar-refractivity contribution in [3.63, 3.8) is 0 Å². The Balaban J connectivity index is 2.30. The van der Waals surface area contributed by atoms with Crippen molar-refractivity contribution in [2.24, 2.45) is 0 Å². The van der Waals surface area contributed by atoms with Crippen LogP contribution >= 0.6 is 0 Å². The number of nitrogens with one attached hydrogen (secondary N) is 1. The maximum atomic E-state index is 14.0. The van der Waals surface area contributed by atoms with Gasteiger partial charge in [0.15, 0.2) is 11.6 Å². The monoisotopic (exact) mass is 290 g/mol. The molecule has 0 bridgehead atoms. The Morgan fingerprint density at radius 1 is 1.29 bits per heavy atom. The third-order valence-corrected chi connectivity index (χ3v) is 3.05. The van der Waals surface area contributed by atoms with Gasteiger partial charge in [0.05, 0.1) is 10.5 Å². The van der Waals surface area contributed by atoms with Gasteiger partial charge < -0.3 is 10.1 Å². The standard InChI is InChI=1S/C15H15FN2O3/c1-10-13(18(19)20)4-3-5-14(10)21-15-7-6-11(9-17-2)8-12(15)16/h3-8,17H,9H2,1-2H3. The minimum atomic E-state index is -0.506. The molecule has 110 valence electrons. The molecule has 0 amide bonds. The van der Waals surface area contributed by atoms with Gasteiger partial charge in [-0.15, -0.1) is 0 Å². The highest BCUT2D eigenvalue weighted by Crippen LogP contribution is 2.32. The van der Waals surface area contributed by atoms with Crippen LogP contribution in [0.2, 0.25) is 0 Å². The van der Waals surface area contributed by atoms with Gasteiger partial charge in [0.1, 0.15) is 5.75 Å². The molecule has 0 radical (unpaired) electrons. The summed E-state index contributed by atoms with van der Waals surface area (Å²) in [6, 6.07) is 9.09. The molecule has 0 aliphatic carbocycles. The molecule has 0 aliphatic rings. The van der Waals surface area contributed by atoms with Crippen LogP contribution in [0.25, 0.3) is 0 Å². The van der Waals surface area contributed by atoms with E-state index >= 15 is 0 Å². The van der Waals surface area contributed by atoms with E-state index in [1.165, 1.54) is 24.3 Å². The summed E-state index contributed by atoms with van der Waals surface area (Å²) >= 11 is 0. The molecule has 1 N–H and O–H groups in total. The second kappa shape index (κ2) is 6.32. The SMILES string of the molecule is CNCc1ccc(Oc2cccc([N+](=O)[O-])c2C)c(F)c1. The second-order valence-electron chi connectivity index (χ2n) is 4.55. The summed E-state index contributed by atoms with van der Waals surface area (Å²) in [6.07, 6.45) is 0. The van der Waals surface area contributed by atoms with Gasteiger partial charge in [0.2, 0.25) is 0 Å². The van der Waals surface area contributed by atoms with Crippen molar-refractivity contribution in [1.29, 1.82) is 0 Å². The van der Waals surface area contributed by atoms with Crippen molar-refractivity contribution in [3.05, 3.63) is 63.5 Å². The normalized spacial score (nSPS) is 10.4. The van der Waals surface area contributed by atoms with E-state index in [4.69, 9.17) is 4.74 Å². The van der Waals surface area contributed by atoms with Gasteiger partial charge >= 0.3 is 0 Å². The summed E-state index contributed by atoms with van der Waals surface area (Å²) in [4.78, 5) is 10.4. The maximum Gasteiger partial charge on any atom is 0.276 e. The third-order valence-electron chi connectivity index (χ3n) is 3.05. The number of nitrogens with zero attached hydrogens (tertiary/aromatic N) is 1. The Morgan fingerprint density at radius 3 is 2.67 bits per heavy atom. The Labute approximate surface area is 121 Å². The molecule has 0 aromatic heterocycles. The van der Waals surface area contributed by atoms with E-state index < -0.39 is 10.7 Å². The molecule has 0 atom stereocenters. The van der Waals surface area contributed by atoms with Crippen LogP contribution in [0.3, 0.4) is 0 Å². The largest absolute Gasteiger partial charge is 0.454 e. The summed E-state index contributed by atoms with van der Waals surface area (Å²) in [5, 5.41) is 13.8. The number of rotatable bonds is 5. The van der Waals surface area contributed by atoms with Gasteiger partial charge in [-0.2, -0.15) is 0 Å². The lowest BCUT2D eigenvalue weighted by Gasteiger charge is -2.10. The fraction of sp³-hybridized carbons (Fsp3) is 0.200. The quantitative estimate of drug-likeness (QED) is 0.675. The van der Waals surface area contributed by atoms with Crippen LogP contribution in [0.5, 0.6) is 11.5 Å².